The molecular formula is C13H27NO2. The summed E-state index contributed by atoms with van der Waals surface area (Å²) in [6.45, 7) is 10.6. The molecule has 1 amide bonds. The lowest BCUT2D eigenvalue weighted by Gasteiger charge is -2.21. The SMILES string of the molecule is CCCN(CCC)C(=O)CCOC(C)CC. The molecule has 0 fully saturated rings. The van der Waals surface area contributed by atoms with Crippen molar-refractivity contribution < 1.29 is 9.53 Å². The molecule has 0 rings (SSSR count). The zero-order valence-electron chi connectivity index (χ0n) is 11.3. The molecule has 0 radical (unpaired) electrons. The summed E-state index contributed by atoms with van der Waals surface area (Å²) in [5.41, 5.74) is 0. The van der Waals surface area contributed by atoms with E-state index >= 15 is 0 Å². The first-order chi connectivity index (χ1) is 7.65. The van der Waals surface area contributed by atoms with E-state index < -0.39 is 0 Å². The van der Waals surface area contributed by atoms with Gasteiger partial charge in [-0.3, -0.25) is 4.79 Å². The van der Waals surface area contributed by atoms with Crippen LogP contribution in [-0.2, 0) is 9.53 Å². The largest absolute Gasteiger partial charge is 0.378 e. The molecule has 0 N–H and O–H groups in total. The minimum absolute atomic E-state index is 0.229. The Morgan fingerprint density at radius 3 is 2.19 bits per heavy atom. The third-order valence-electron chi connectivity index (χ3n) is 2.63. The number of amides is 1. The molecular weight excluding hydrogens is 202 g/mol. The molecule has 16 heavy (non-hydrogen) atoms. The van der Waals surface area contributed by atoms with Crippen LogP contribution in [0.5, 0.6) is 0 Å². The summed E-state index contributed by atoms with van der Waals surface area (Å²) < 4.78 is 5.52. The molecule has 1 unspecified atom stereocenters. The quantitative estimate of drug-likeness (QED) is 0.608. The summed E-state index contributed by atoms with van der Waals surface area (Å²) in [6.07, 6.45) is 3.83. The van der Waals surface area contributed by atoms with Crippen LogP contribution >= 0.6 is 0 Å². The van der Waals surface area contributed by atoms with Crippen LogP contribution in [0.1, 0.15) is 53.4 Å². The molecule has 0 aliphatic rings. The highest BCUT2D eigenvalue weighted by Crippen LogP contribution is 2.01. The van der Waals surface area contributed by atoms with E-state index in [1.54, 1.807) is 0 Å². The summed E-state index contributed by atoms with van der Waals surface area (Å²) in [5, 5.41) is 0. The minimum atomic E-state index is 0.229. The molecule has 1 atom stereocenters. The molecule has 0 aliphatic heterocycles. The average Bonchev–Trinajstić information content (AvgIpc) is 2.28. The third kappa shape index (κ3) is 6.83. The first-order valence-electron chi connectivity index (χ1n) is 6.55. The van der Waals surface area contributed by atoms with E-state index in [4.69, 9.17) is 4.74 Å². The molecule has 3 nitrogen and oxygen atoms in total. The highest BCUT2D eigenvalue weighted by Gasteiger charge is 2.11. The van der Waals surface area contributed by atoms with Gasteiger partial charge in [0.2, 0.25) is 5.91 Å². The minimum Gasteiger partial charge on any atom is -0.378 e. The Hall–Kier alpha value is -0.570. The Kier molecular flexibility index (Phi) is 9.30. The van der Waals surface area contributed by atoms with Gasteiger partial charge in [-0.05, 0) is 26.2 Å². The summed E-state index contributed by atoms with van der Waals surface area (Å²) in [7, 11) is 0. The molecule has 3 heteroatoms. The van der Waals surface area contributed by atoms with Crippen LogP contribution in [0.2, 0.25) is 0 Å². The second-order valence-electron chi connectivity index (χ2n) is 4.22. The molecule has 0 saturated heterocycles. The van der Waals surface area contributed by atoms with Gasteiger partial charge in [0.15, 0.2) is 0 Å². The predicted molar refractivity (Wildman–Crippen MR) is 67.5 cm³/mol. The lowest BCUT2D eigenvalue weighted by atomic mass is 10.3. The Morgan fingerprint density at radius 1 is 1.19 bits per heavy atom. The van der Waals surface area contributed by atoms with Gasteiger partial charge in [0.1, 0.15) is 0 Å². The van der Waals surface area contributed by atoms with Crippen LogP contribution in [0, 0.1) is 0 Å². The van der Waals surface area contributed by atoms with E-state index in [0.717, 1.165) is 32.4 Å². The molecule has 0 aromatic rings. The van der Waals surface area contributed by atoms with Crippen molar-refractivity contribution in [3.8, 4) is 0 Å². The van der Waals surface area contributed by atoms with Crippen molar-refractivity contribution in [1.29, 1.82) is 0 Å². The maximum absolute atomic E-state index is 11.8. The fourth-order valence-electron chi connectivity index (χ4n) is 1.52. The topological polar surface area (TPSA) is 29.5 Å². The second kappa shape index (κ2) is 9.64. The van der Waals surface area contributed by atoms with Crippen molar-refractivity contribution in [1.82, 2.24) is 4.90 Å². The maximum atomic E-state index is 11.8. The highest BCUT2D eigenvalue weighted by molar-refractivity contribution is 5.76. The van der Waals surface area contributed by atoms with E-state index in [2.05, 4.69) is 20.8 Å². The monoisotopic (exact) mass is 229 g/mol. The van der Waals surface area contributed by atoms with Gasteiger partial charge in [-0.15, -0.1) is 0 Å². The summed E-state index contributed by atoms with van der Waals surface area (Å²) in [4.78, 5) is 13.8. The van der Waals surface area contributed by atoms with Crippen molar-refractivity contribution in [2.24, 2.45) is 0 Å². The lowest BCUT2D eigenvalue weighted by Crippen LogP contribution is -2.33. The molecule has 0 heterocycles. The van der Waals surface area contributed by atoms with E-state index in [0.29, 0.717) is 13.0 Å². The summed E-state index contributed by atoms with van der Waals surface area (Å²) >= 11 is 0. The van der Waals surface area contributed by atoms with Crippen LogP contribution in [0.25, 0.3) is 0 Å². The van der Waals surface area contributed by atoms with Crippen LogP contribution < -0.4 is 0 Å². The first kappa shape index (κ1) is 15.4. The number of hydrogen-bond acceptors (Lipinski definition) is 2. The van der Waals surface area contributed by atoms with Crippen LogP contribution in [0.4, 0.5) is 0 Å². The number of ether oxygens (including phenoxy) is 1. The maximum Gasteiger partial charge on any atom is 0.224 e. The van der Waals surface area contributed by atoms with Crippen molar-refractivity contribution >= 4 is 5.91 Å². The second-order valence-corrected chi connectivity index (χ2v) is 4.22. The van der Waals surface area contributed by atoms with E-state index in [1.807, 2.05) is 11.8 Å². The van der Waals surface area contributed by atoms with Gasteiger partial charge in [0, 0.05) is 13.1 Å². The van der Waals surface area contributed by atoms with Gasteiger partial charge >= 0.3 is 0 Å². The fourth-order valence-corrected chi connectivity index (χ4v) is 1.52. The summed E-state index contributed by atoms with van der Waals surface area (Å²) in [5.74, 6) is 0.229. The molecule has 0 aliphatic carbocycles. The number of hydrogen-bond donors (Lipinski definition) is 0. The van der Waals surface area contributed by atoms with Crippen molar-refractivity contribution in [2.75, 3.05) is 19.7 Å². The zero-order chi connectivity index (χ0) is 12.4. The highest BCUT2D eigenvalue weighted by atomic mass is 16.5. The first-order valence-corrected chi connectivity index (χ1v) is 6.55. The van der Waals surface area contributed by atoms with Gasteiger partial charge in [-0.25, -0.2) is 0 Å². The Morgan fingerprint density at radius 2 is 1.75 bits per heavy atom. The van der Waals surface area contributed by atoms with Crippen molar-refractivity contribution in [2.45, 2.75) is 59.5 Å². The third-order valence-corrected chi connectivity index (χ3v) is 2.63. The molecule has 0 aromatic heterocycles. The Balaban J connectivity index is 3.81. The number of rotatable bonds is 9. The Bertz CT molecular complexity index is 177. The fraction of sp³-hybridized carbons (Fsp3) is 0.923. The van der Waals surface area contributed by atoms with Crippen LogP contribution in [-0.4, -0.2) is 36.6 Å². The zero-order valence-corrected chi connectivity index (χ0v) is 11.3. The smallest absolute Gasteiger partial charge is 0.224 e. The van der Waals surface area contributed by atoms with Crippen LogP contribution in [0.15, 0.2) is 0 Å². The van der Waals surface area contributed by atoms with E-state index in [1.165, 1.54) is 0 Å². The number of carbonyl (C=O) groups excluding carboxylic acids is 1. The summed E-state index contributed by atoms with van der Waals surface area (Å²) in [6, 6.07) is 0. The van der Waals surface area contributed by atoms with Crippen molar-refractivity contribution in [3.63, 3.8) is 0 Å². The Labute approximate surface area is 100 Å². The normalized spacial score (nSPS) is 12.5. The van der Waals surface area contributed by atoms with Gasteiger partial charge < -0.3 is 9.64 Å². The molecule has 0 saturated carbocycles. The number of carbonyl (C=O) groups is 1. The average molecular weight is 229 g/mol. The predicted octanol–water partition coefficient (Wildman–Crippen LogP) is 2.84. The standard InChI is InChI=1S/C13H27NO2/c1-5-9-14(10-6-2)13(15)8-11-16-12(4)7-3/h12H,5-11H2,1-4H3. The van der Waals surface area contributed by atoms with E-state index in [9.17, 15) is 4.79 Å². The molecule has 0 aromatic carbocycles. The number of nitrogens with zero attached hydrogens (tertiary/aromatic N) is 1. The molecule has 0 spiro atoms. The molecule has 0 bridgehead atoms. The van der Waals surface area contributed by atoms with Crippen molar-refractivity contribution in [3.05, 3.63) is 0 Å². The van der Waals surface area contributed by atoms with Gasteiger partial charge in [0.25, 0.3) is 0 Å². The van der Waals surface area contributed by atoms with E-state index in [-0.39, 0.29) is 12.0 Å². The lowest BCUT2D eigenvalue weighted by molar-refractivity contribution is -0.132. The van der Waals surface area contributed by atoms with Gasteiger partial charge in [-0.2, -0.15) is 0 Å². The van der Waals surface area contributed by atoms with Gasteiger partial charge in [-0.1, -0.05) is 20.8 Å². The van der Waals surface area contributed by atoms with Gasteiger partial charge in [0.05, 0.1) is 19.1 Å². The molecule has 96 valence electrons. The van der Waals surface area contributed by atoms with Crippen LogP contribution in [0.3, 0.4) is 0 Å².